The van der Waals surface area contributed by atoms with E-state index in [2.05, 4.69) is 20.7 Å². The number of nitrogens with zero attached hydrogens (tertiary/aromatic N) is 3. The standard InChI is InChI=1S/C23H20F3N5O3S/c1-14-18(31(16-10-6-3-7-11-16)30-19(14)34-13-12-32)28-22(33)29-20-17(15-8-4-2-5-9-15)27-21(35-20)23(24,25)26/h2-11,32H,12-13H2,1H3,(H2,28,29,33). The van der Waals surface area contributed by atoms with Gasteiger partial charge in [0.2, 0.25) is 10.9 Å². The van der Waals surface area contributed by atoms with Crippen molar-refractivity contribution in [1.29, 1.82) is 0 Å². The highest BCUT2D eigenvalue weighted by molar-refractivity contribution is 7.16. The molecule has 4 aromatic rings. The van der Waals surface area contributed by atoms with E-state index in [-0.39, 0.29) is 35.6 Å². The Labute approximate surface area is 202 Å². The molecule has 0 atom stereocenters. The monoisotopic (exact) mass is 503 g/mol. The molecular weight excluding hydrogens is 483 g/mol. The number of halogens is 3. The molecule has 0 spiro atoms. The minimum Gasteiger partial charge on any atom is -0.474 e. The molecule has 0 bridgehead atoms. The van der Waals surface area contributed by atoms with Crippen LogP contribution in [0.4, 0.5) is 28.8 Å². The number of para-hydroxylation sites is 1. The number of aliphatic hydroxyl groups excluding tert-OH is 1. The van der Waals surface area contributed by atoms with Crippen molar-refractivity contribution in [3.05, 3.63) is 71.2 Å². The highest BCUT2D eigenvalue weighted by atomic mass is 32.1. The van der Waals surface area contributed by atoms with Crippen LogP contribution in [0.2, 0.25) is 0 Å². The molecule has 4 rings (SSSR count). The van der Waals surface area contributed by atoms with Gasteiger partial charge in [-0.3, -0.25) is 10.6 Å². The number of hydrogen-bond acceptors (Lipinski definition) is 6. The fourth-order valence-electron chi connectivity index (χ4n) is 3.22. The summed E-state index contributed by atoms with van der Waals surface area (Å²) in [4.78, 5) is 16.7. The summed E-state index contributed by atoms with van der Waals surface area (Å²) in [6, 6.07) is 16.4. The molecule has 182 valence electrons. The fraction of sp³-hybridized carbons (Fsp3) is 0.174. The summed E-state index contributed by atoms with van der Waals surface area (Å²) >= 11 is 0.338. The van der Waals surface area contributed by atoms with Crippen LogP contribution in [-0.2, 0) is 6.18 Å². The van der Waals surface area contributed by atoms with Crippen molar-refractivity contribution in [2.24, 2.45) is 0 Å². The molecule has 3 N–H and O–H groups in total. The number of nitrogens with one attached hydrogen (secondary N) is 2. The first-order valence-corrected chi connectivity index (χ1v) is 11.2. The van der Waals surface area contributed by atoms with Crippen LogP contribution in [0, 0.1) is 6.92 Å². The Kier molecular flexibility index (Phi) is 7.03. The molecule has 8 nitrogen and oxygen atoms in total. The molecule has 0 fully saturated rings. The third kappa shape index (κ3) is 5.44. The molecule has 2 aromatic heterocycles. The number of urea groups is 1. The Morgan fingerprint density at radius 3 is 2.37 bits per heavy atom. The smallest absolute Gasteiger partial charge is 0.443 e. The number of benzene rings is 2. The molecule has 2 aromatic carbocycles. The van der Waals surface area contributed by atoms with Gasteiger partial charge in [-0.05, 0) is 19.1 Å². The third-order valence-electron chi connectivity index (χ3n) is 4.79. The summed E-state index contributed by atoms with van der Waals surface area (Å²) in [6.07, 6.45) is -4.66. The van der Waals surface area contributed by atoms with Crippen molar-refractivity contribution in [3.63, 3.8) is 0 Å². The Bertz CT molecular complexity index is 1310. The van der Waals surface area contributed by atoms with E-state index in [9.17, 15) is 18.0 Å². The lowest BCUT2D eigenvalue weighted by molar-refractivity contribution is -0.137. The topological polar surface area (TPSA) is 101 Å². The molecular formula is C23H20F3N5O3S. The van der Waals surface area contributed by atoms with Gasteiger partial charge in [0.05, 0.1) is 17.9 Å². The Hall–Kier alpha value is -3.90. The van der Waals surface area contributed by atoms with Gasteiger partial charge < -0.3 is 9.84 Å². The van der Waals surface area contributed by atoms with E-state index in [4.69, 9.17) is 9.84 Å². The minimum atomic E-state index is -4.66. The maximum Gasteiger partial charge on any atom is 0.443 e. The first-order chi connectivity index (χ1) is 16.8. The number of rotatable bonds is 7. The number of carbonyl (C=O) groups is 1. The molecule has 0 aliphatic carbocycles. The van der Waals surface area contributed by atoms with Gasteiger partial charge in [0.1, 0.15) is 23.1 Å². The molecule has 0 unspecified atom stereocenters. The summed E-state index contributed by atoms with van der Waals surface area (Å²) in [5.74, 6) is 0.448. The minimum absolute atomic E-state index is 0.000199. The summed E-state index contributed by atoms with van der Waals surface area (Å²) in [5, 5.41) is 17.5. The molecule has 0 radical (unpaired) electrons. The maximum atomic E-state index is 13.4. The highest BCUT2D eigenvalue weighted by Gasteiger charge is 2.36. The average Bonchev–Trinajstić information content (AvgIpc) is 3.40. The van der Waals surface area contributed by atoms with Gasteiger partial charge in [-0.1, -0.05) is 59.9 Å². The second kappa shape index (κ2) is 10.2. The first-order valence-electron chi connectivity index (χ1n) is 10.4. The van der Waals surface area contributed by atoms with E-state index >= 15 is 0 Å². The van der Waals surface area contributed by atoms with Crippen molar-refractivity contribution in [3.8, 4) is 22.8 Å². The van der Waals surface area contributed by atoms with Crippen molar-refractivity contribution in [1.82, 2.24) is 14.8 Å². The summed E-state index contributed by atoms with van der Waals surface area (Å²) in [7, 11) is 0. The van der Waals surface area contributed by atoms with E-state index < -0.39 is 17.2 Å². The predicted molar refractivity (Wildman–Crippen MR) is 126 cm³/mol. The van der Waals surface area contributed by atoms with Crippen LogP contribution in [0.25, 0.3) is 16.9 Å². The number of hydrogen-bond donors (Lipinski definition) is 3. The molecule has 12 heteroatoms. The first kappa shape index (κ1) is 24.2. The largest absolute Gasteiger partial charge is 0.474 e. The van der Waals surface area contributed by atoms with Gasteiger partial charge in [-0.15, -0.1) is 5.10 Å². The van der Waals surface area contributed by atoms with Crippen molar-refractivity contribution >= 4 is 28.2 Å². The Morgan fingerprint density at radius 1 is 1.09 bits per heavy atom. The van der Waals surface area contributed by atoms with Gasteiger partial charge in [0, 0.05) is 5.56 Å². The Morgan fingerprint density at radius 2 is 1.74 bits per heavy atom. The number of amides is 2. The van der Waals surface area contributed by atoms with Crippen LogP contribution in [0.1, 0.15) is 10.6 Å². The summed E-state index contributed by atoms with van der Waals surface area (Å²) in [6.45, 7) is 1.44. The van der Waals surface area contributed by atoms with E-state index in [1.54, 1.807) is 61.5 Å². The molecule has 0 saturated heterocycles. The molecule has 2 amide bonds. The van der Waals surface area contributed by atoms with E-state index in [1.165, 1.54) is 4.68 Å². The molecule has 0 aliphatic rings. The predicted octanol–water partition coefficient (Wildman–Crippen LogP) is 5.34. The SMILES string of the molecule is Cc1c(OCCO)nn(-c2ccccc2)c1NC(=O)Nc1sc(C(F)(F)F)nc1-c1ccccc1. The number of thiazole rings is 1. The van der Waals surface area contributed by atoms with Crippen LogP contribution in [0.15, 0.2) is 60.7 Å². The van der Waals surface area contributed by atoms with Gasteiger partial charge in [-0.2, -0.15) is 13.2 Å². The fourth-order valence-corrected chi connectivity index (χ4v) is 4.07. The second-order valence-electron chi connectivity index (χ2n) is 7.24. The average molecular weight is 504 g/mol. The highest BCUT2D eigenvalue weighted by Crippen LogP contribution is 2.40. The maximum absolute atomic E-state index is 13.4. The van der Waals surface area contributed by atoms with E-state index in [0.29, 0.717) is 28.2 Å². The molecule has 2 heterocycles. The van der Waals surface area contributed by atoms with Gasteiger partial charge in [-0.25, -0.2) is 14.5 Å². The number of aliphatic hydroxyl groups is 1. The van der Waals surface area contributed by atoms with Crippen LogP contribution in [-0.4, -0.2) is 39.1 Å². The van der Waals surface area contributed by atoms with Gasteiger partial charge in [0.25, 0.3) is 0 Å². The second-order valence-corrected chi connectivity index (χ2v) is 8.24. The van der Waals surface area contributed by atoms with Crippen LogP contribution in [0.3, 0.4) is 0 Å². The lowest BCUT2D eigenvalue weighted by Gasteiger charge is -2.11. The normalized spacial score (nSPS) is 11.3. The van der Waals surface area contributed by atoms with Crippen LogP contribution >= 0.6 is 11.3 Å². The zero-order chi connectivity index (χ0) is 25.0. The number of aromatic nitrogens is 3. The number of carbonyl (C=O) groups excluding carboxylic acids is 1. The zero-order valence-corrected chi connectivity index (χ0v) is 19.2. The van der Waals surface area contributed by atoms with Crippen LogP contribution in [0.5, 0.6) is 5.88 Å². The van der Waals surface area contributed by atoms with Gasteiger partial charge in [0.15, 0.2) is 0 Å². The molecule has 0 aliphatic heterocycles. The van der Waals surface area contributed by atoms with Gasteiger partial charge >= 0.3 is 12.2 Å². The van der Waals surface area contributed by atoms with E-state index in [1.807, 2.05) is 6.07 Å². The summed E-state index contributed by atoms with van der Waals surface area (Å²) < 4.78 is 47.0. The molecule has 0 saturated carbocycles. The zero-order valence-electron chi connectivity index (χ0n) is 18.3. The van der Waals surface area contributed by atoms with Crippen molar-refractivity contribution < 1.29 is 27.8 Å². The number of anilines is 2. The number of ether oxygens (including phenoxy) is 1. The van der Waals surface area contributed by atoms with Crippen LogP contribution < -0.4 is 15.4 Å². The Balaban J connectivity index is 1.66. The van der Waals surface area contributed by atoms with Crippen molar-refractivity contribution in [2.75, 3.05) is 23.8 Å². The lowest BCUT2D eigenvalue weighted by Crippen LogP contribution is -2.21. The third-order valence-corrected chi connectivity index (χ3v) is 5.80. The quantitative estimate of drug-likeness (QED) is 0.316. The summed E-state index contributed by atoms with van der Waals surface area (Å²) in [5.41, 5.74) is 1.53. The molecule has 35 heavy (non-hydrogen) atoms. The lowest BCUT2D eigenvalue weighted by atomic mass is 10.2. The van der Waals surface area contributed by atoms with E-state index in [0.717, 1.165) is 0 Å². The number of alkyl halides is 3. The van der Waals surface area contributed by atoms with Crippen molar-refractivity contribution in [2.45, 2.75) is 13.1 Å².